The Morgan fingerprint density at radius 2 is 1.86 bits per heavy atom. The van der Waals surface area contributed by atoms with Crippen molar-refractivity contribution in [3.8, 4) is 0 Å². The summed E-state index contributed by atoms with van der Waals surface area (Å²) in [5.41, 5.74) is -0.860. The number of allylic oxidation sites excluding steroid dienone is 2. The third kappa shape index (κ3) is 3.52. The van der Waals surface area contributed by atoms with Crippen LogP contribution in [0.3, 0.4) is 0 Å². The number of rotatable bonds is 5. The molecule has 2 fully saturated rings. The van der Waals surface area contributed by atoms with Crippen molar-refractivity contribution in [2.45, 2.75) is 65.8 Å². The second kappa shape index (κ2) is 7.57. The molecule has 1 heterocycles. The van der Waals surface area contributed by atoms with E-state index in [0.717, 1.165) is 5.57 Å². The molecule has 1 aliphatic carbocycles. The molecule has 6 heteroatoms. The van der Waals surface area contributed by atoms with Gasteiger partial charge in [0.2, 0.25) is 5.60 Å². The summed E-state index contributed by atoms with van der Waals surface area (Å²) in [6, 6.07) is 0. The second-order valence-corrected chi connectivity index (χ2v) is 8.25. The summed E-state index contributed by atoms with van der Waals surface area (Å²) >= 11 is 0. The van der Waals surface area contributed by atoms with Gasteiger partial charge in [0.25, 0.3) is 0 Å². The molecule has 0 aromatic heterocycles. The lowest BCUT2D eigenvalue weighted by Crippen LogP contribution is -2.57. The first-order chi connectivity index (χ1) is 12.9. The van der Waals surface area contributed by atoms with Gasteiger partial charge in [0.15, 0.2) is 0 Å². The van der Waals surface area contributed by atoms with Gasteiger partial charge in [-0.2, -0.15) is 0 Å². The Morgan fingerprint density at radius 1 is 1.25 bits per heavy atom. The van der Waals surface area contributed by atoms with E-state index < -0.39 is 47.0 Å². The first-order valence-corrected chi connectivity index (χ1v) is 9.44. The number of hydrogen-bond donors (Lipinski definition) is 0. The Bertz CT molecular complexity index is 750. The second-order valence-electron chi connectivity index (χ2n) is 8.25. The molecule has 1 aliphatic heterocycles. The first-order valence-electron chi connectivity index (χ1n) is 9.44. The minimum atomic E-state index is -1.57. The summed E-state index contributed by atoms with van der Waals surface area (Å²) in [5.74, 6) is -2.60. The largest absolute Gasteiger partial charge is 0.462 e. The summed E-state index contributed by atoms with van der Waals surface area (Å²) < 4.78 is 17.0. The molecule has 1 saturated carbocycles. The fourth-order valence-electron chi connectivity index (χ4n) is 4.55. The van der Waals surface area contributed by atoms with Gasteiger partial charge in [-0.25, -0.2) is 9.59 Å². The number of esters is 3. The zero-order valence-electron chi connectivity index (χ0n) is 17.5. The molecule has 0 N–H and O–H groups in total. The highest BCUT2D eigenvalue weighted by Crippen LogP contribution is 2.55. The van der Waals surface area contributed by atoms with E-state index in [1.165, 1.54) is 13.8 Å². The highest BCUT2D eigenvalue weighted by Gasteiger charge is 2.67. The lowest BCUT2D eigenvalue weighted by molar-refractivity contribution is -0.179. The van der Waals surface area contributed by atoms with E-state index in [9.17, 15) is 14.4 Å². The molecule has 2 rings (SSSR count). The summed E-state index contributed by atoms with van der Waals surface area (Å²) in [6.45, 7) is 18.0. The van der Waals surface area contributed by atoms with Gasteiger partial charge >= 0.3 is 17.9 Å². The van der Waals surface area contributed by atoms with Crippen LogP contribution in [0.25, 0.3) is 0 Å². The van der Waals surface area contributed by atoms with Crippen molar-refractivity contribution in [3.05, 3.63) is 36.5 Å². The molecule has 0 radical (unpaired) electrons. The van der Waals surface area contributed by atoms with Gasteiger partial charge in [-0.15, -0.1) is 6.58 Å². The normalized spacial score (nSPS) is 37.5. The predicted molar refractivity (Wildman–Crippen MR) is 104 cm³/mol. The zero-order valence-corrected chi connectivity index (χ0v) is 17.5. The van der Waals surface area contributed by atoms with Gasteiger partial charge in [0, 0.05) is 18.4 Å². The van der Waals surface area contributed by atoms with Crippen LogP contribution in [0.4, 0.5) is 0 Å². The maximum Gasteiger partial charge on any atom is 0.351 e. The third-order valence-electron chi connectivity index (χ3n) is 6.09. The van der Waals surface area contributed by atoms with Crippen LogP contribution in [0.5, 0.6) is 0 Å². The van der Waals surface area contributed by atoms with Crippen molar-refractivity contribution in [3.63, 3.8) is 0 Å². The molecule has 6 nitrogen and oxygen atoms in total. The van der Waals surface area contributed by atoms with Crippen LogP contribution in [0, 0.1) is 17.3 Å². The molecule has 0 bridgehead atoms. The highest BCUT2D eigenvalue weighted by atomic mass is 16.6. The van der Waals surface area contributed by atoms with Crippen molar-refractivity contribution >= 4 is 17.9 Å². The Hall–Kier alpha value is -2.37. The van der Waals surface area contributed by atoms with Gasteiger partial charge < -0.3 is 14.2 Å². The summed E-state index contributed by atoms with van der Waals surface area (Å²) in [7, 11) is 0. The van der Waals surface area contributed by atoms with E-state index in [1.54, 1.807) is 26.0 Å². The topological polar surface area (TPSA) is 78.9 Å². The lowest BCUT2D eigenvalue weighted by atomic mass is 9.57. The molecule has 0 aromatic carbocycles. The molecule has 1 saturated heterocycles. The van der Waals surface area contributed by atoms with Crippen molar-refractivity contribution in [1.29, 1.82) is 0 Å². The van der Waals surface area contributed by atoms with Gasteiger partial charge in [-0.05, 0) is 39.5 Å². The van der Waals surface area contributed by atoms with E-state index >= 15 is 0 Å². The first kappa shape index (κ1) is 21.9. The van der Waals surface area contributed by atoms with Crippen LogP contribution in [-0.4, -0.2) is 35.7 Å². The van der Waals surface area contributed by atoms with Crippen LogP contribution in [0.15, 0.2) is 36.5 Å². The molecule has 28 heavy (non-hydrogen) atoms. The van der Waals surface area contributed by atoms with Crippen LogP contribution in [-0.2, 0) is 28.6 Å². The Kier molecular flexibility index (Phi) is 5.93. The number of ether oxygens (including phenoxy) is 3. The van der Waals surface area contributed by atoms with E-state index in [-0.39, 0.29) is 5.92 Å². The van der Waals surface area contributed by atoms with Crippen molar-refractivity contribution in [2.24, 2.45) is 17.3 Å². The fourth-order valence-corrected chi connectivity index (χ4v) is 4.55. The average Bonchev–Trinajstić information content (AvgIpc) is 2.83. The summed E-state index contributed by atoms with van der Waals surface area (Å²) in [6.07, 6.45) is 2.50. The van der Waals surface area contributed by atoms with E-state index in [4.69, 9.17) is 14.2 Å². The summed E-state index contributed by atoms with van der Waals surface area (Å²) in [4.78, 5) is 37.1. The van der Waals surface area contributed by atoms with E-state index in [1.807, 2.05) is 13.8 Å². The molecule has 0 spiro atoms. The van der Waals surface area contributed by atoms with Crippen LogP contribution >= 0.6 is 0 Å². The highest BCUT2D eigenvalue weighted by molar-refractivity contribution is 5.92. The Labute approximate surface area is 166 Å². The van der Waals surface area contributed by atoms with Gasteiger partial charge in [0.1, 0.15) is 12.2 Å². The third-order valence-corrected chi connectivity index (χ3v) is 6.09. The Morgan fingerprint density at radius 3 is 2.32 bits per heavy atom. The van der Waals surface area contributed by atoms with Gasteiger partial charge in [-0.3, -0.25) is 4.79 Å². The fraction of sp³-hybridized carbons (Fsp3) is 0.591. The SMILES string of the molecule is C=CC1(C)CC(OC(C)=O)C2C(OC(=O)C2(C)OC(=O)C(C)=CC)C1C(=C)C. The molecule has 0 aromatic rings. The molecule has 154 valence electrons. The monoisotopic (exact) mass is 390 g/mol. The molecule has 6 unspecified atom stereocenters. The number of fused-ring (bicyclic) bond motifs is 1. The minimum Gasteiger partial charge on any atom is -0.462 e. The number of carbonyl (C=O) groups is 3. The molecule has 6 atom stereocenters. The molecular weight excluding hydrogens is 360 g/mol. The standard InChI is InChI=1S/C22H30O6/c1-9-13(5)19(24)28-22(8)17-15(26-14(6)23)11-21(7,10-2)16(12(3)4)18(17)27-20(22)25/h9-10,15-18H,2-3,11H2,1,4-8H3. The predicted octanol–water partition coefficient (Wildman–Crippen LogP) is 3.52. The lowest BCUT2D eigenvalue weighted by Gasteiger charge is -2.49. The van der Waals surface area contributed by atoms with Gasteiger partial charge in [0.05, 0.1) is 5.92 Å². The van der Waals surface area contributed by atoms with Gasteiger partial charge in [-0.1, -0.05) is 31.2 Å². The molecule has 0 amide bonds. The van der Waals surface area contributed by atoms with Crippen LogP contribution in [0.2, 0.25) is 0 Å². The minimum absolute atomic E-state index is 0.242. The average molecular weight is 390 g/mol. The van der Waals surface area contributed by atoms with Crippen molar-refractivity contribution in [1.82, 2.24) is 0 Å². The van der Waals surface area contributed by atoms with Crippen LogP contribution in [0.1, 0.15) is 48.0 Å². The van der Waals surface area contributed by atoms with Crippen molar-refractivity contribution < 1.29 is 28.6 Å². The maximum atomic E-state index is 12.9. The molecular formula is C22H30O6. The van der Waals surface area contributed by atoms with Crippen molar-refractivity contribution in [2.75, 3.05) is 0 Å². The quantitative estimate of drug-likeness (QED) is 0.309. The smallest absolute Gasteiger partial charge is 0.351 e. The Balaban J connectivity index is 2.57. The molecule has 2 aliphatic rings. The maximum absolute atomic E-state index is 12.9. The number of hydrogen-bond acceptors (Lipinski definition) is 6. The van der Waals surface area contributed by atoms with Crippen LogP contribution < -0.4 is 0 Å². The van der Waals surface area contributed by atoms with E-state index in [0.29, 0.717) is 12.0 Å². The summed E-state index contributed by atoms with van der Waals surface area (Å²) in [5, 5.41) is 0. The number of carbonyl (C=O) groups excluding carboxylic acids is 3. The van der Waals surface area contributed by atoms with E-state index in [2.05, 4.69) is 13.2 Å². The zero-order chi connectivity index (χ0) is 21.4.